The van der Waals surface area contributed by atoms with Gasteiger partial charge in [0.15, 0.2) is 5.78 Å². The molecular formula is C11H15NO4S. The van der Waals surface area contributed by atoms with Crippen LogP contribution >= 0.6 is 0 Å². The van der Waals surface area contributed by atoms with Crippen LogP contribution in [0.5, 0.6) is 5.75 Å². The fourth-order valence-electron chi connectivity index (χ4n) is 1.37. The van der Waals surface area contributed by atoms with Crippen LogP contribution in [0.3, 0.4) is 0 Å². The number of ether oxygens (including phenoxy) is 1. The summed E-state index contributed by atoms with van der Waals surface area (Å²) in [6.45, 7) is 3.33. The SMILES string of the molecule is CCNS(=O)(=O)c1cc(C(C)=O)ccc1OC. The van der Waals surface area contributed by atoms with Crippen molar-refractivity contribution in [2.45, 2.75) is 18.7 Å². The van der Waals surface area contributed by atoms with Crippen molar-refractivity contribution in [3.63, 3.8) is 0 Å². The molecule has 0 fully saturated rings. The largest absolute Gasteiger partial charge is 0.495 e. The number of sulfonamides is 1. The van der Waals surface area contributed by atoms with Crippen LogP contribution in [0, 0.1) is 0 Å². The molecule has 0 atom stereocenters. The fraction of sp³-hybridized carbons (Fsp3) is 0.364. The highest BCUT2D eigenvalue weighted by atomic mass is 32.2. The average molecular weight is 257 g/mol. The van der Waals surface area contributed by atoms with Gasteiger partial charge in [-0.05, 0) is 25.1 Å². The number of hydrogen-bond donors (Lipinski definition) is 1. The highest BCUT2D eigenvalue weighted by Crippen LogP contribution is 2.24. The van der Waals surface area contributed by atoms with Crippen molar-refractivity contribution in [3.05, 3.63) is 23.8 Å². The summed E-state index contributed by atoms with van der Waals surface area (Å²) in [4.78, 5) is 11.2. The molecule has 0 radical (unpaired) electrons. The van der Waals surface area contributed by atoms with Crippen LogP contribution in [0.25, 0.3) is 0 Å². The van der Waals surface area contributed by atoms with Crippen LogP contribution < -0.4 is 9.46 Å². The Morgan fingerprint density at radius 3 is 2.53 bits per heavy atom. The number of methoxy groups -OCH3 is 1. The number of benzene rings is 1. The molecule has 1 N–H and O–H groups in total. The molecule has 0 saturated carbocycles. The zero-order chi connectivity index (χ0) is 13.1. The predicted molar refractivity (Wildman–Crippen MR) is 63.9 cm³/mol. The number of nitrogens with one attached hydrogen (secondary N) is 1. The molecule has 0 amide bonds. The molecule has 0 bridgehead atoms. The molecule has 0 aromatic heterocycles. The molecule has 94 valence electrons. The Labute approximate surface area is 101 Å². The van der Waals surface area contributed by atoms with E-state index in [0.717, 1.165) is 0 Å². The highest BCUT2D eigenvalue weighted by Gasteiger charge is 2.19. The van der Waals surface area contributed by atoms with Crippen molar-refractivity contribution in [2.75, 3.05) is 13.7 Å². The minimum atomic E-state index is -3.64. The quantitative estimate of drug-likeness (QED) is 0.804. The van der Waals surface area contributed by atoms with Gasteiger partial charge in [-0.15, -0.1) is 0 Å². The first-order chi connectivity index (χ1) is 7.92. The third-order valence-corrected chi connectivity index (χ3v) is 3.76. The zero-order valence-electron chi connectivity index (χ0n) is 9.98. The lowest BCUT2D eigenvalue weighted by atomic mass is 10.1. The molecule has 6 heteroatoms. The van der Waals surface area contributed by atoms with Crippen molar-refractivity contribution in [1.82, 2.24) is 4.72 Å². The molecule has 0 unspecified atom stereocenters. The zero-order valence-corrected chi connectivity index (χ0v) is 10.8. The van der Waals surface area contributed by atoms with E-state index in [2.05, 4.69) is 4.72 Å². The minimum Gasteiger partial charge on any atom is -0.495 e. The van der Waals surface area contributed by atoms with E-state index in [4.69, 9.17) is 4.74 Å². The van der Waals surface area contributed by atoms with Gasteiger partial charge in [0, 0.05) is 12.1 Å². The van der Waals surface area contributed by atoms with Gasteiger partial charge in [0.05, 0.1) is 7.11 Å². The number of rotatable bonds is 5. The summed E-state index contributed by atoms with van der Waals surface area (Å²) >= 11 is 0. The predicted octanol–water partition coefficient (Wildman–Crippen LogP) is 1.20. The molecule has 0 aliphatic heterocycles. The summed E-state index contributed by atoms with van der Waals surface area (Å²) in [5.41, 5.74) is 0.335. The summed E-state index contributed by atoms with van der Waals surface area (Å²) in [5.74, 6) is 0.0246. The third kappa shape index (κ3) is 3.04. The van der Waals surface area contributed by atoms with Gasteiger partial charge in [-0.3, -0.25) is 4.79 Å². The van der Waals surface area contributed by atoms with Gasteiger partial charge < -0.3 is 4.74 Å². The Kier molecular flexibility index (Phi) is 4.25. The monoisotopic (exact) mass is 257 g/mol. The van der Waals surface area contributed by atoms with Crippen LogP contribution in [0.4, 0.5) is 0 Å². The van der Waals surface area contributed by atoms with Crippen LogP contribution in [0.15, 0.2) is 23.1 Å². The summed E-state index contributed by atoms with van der Waals surface area (Å²) in [5, 5.41) is 0. The number of ketones is 1. The van der Waals surface area contributed by atoms with E-state index in [0.29, 0.717) is 5.56 Å². The topological polar surface area (TPSA) is 72.5 Å². The van der Waals surface area contributed by atoms with E-state index >= 15 is 0 Å². The standard InChI is InChI=1S/C11H15NO4S/c1-4-12-17(14,15)11-7-9(8(2)13)5-6-10(11)16-3/h5-7,12H,4H2,1-3H3. The molecule has 17 heavy (non-hydrogen) atoms. The lowest BCUT2D eigenvalue weighted by molar-refractivity contribution is 0.101. The van der Waals surface area contributed by atoms with E-state index < -0.39 is 10.0 Å². The molecule has 0 aliphatic rings. The van der Waals surface area contributed by atoms with Crippen molar-refractivity contribution >= 4 is 15.8 Å². The van der Waals surface area contributed by atoms with Crippen molar-refractivity contribution < 1.29 is 17.9 Å². The highest BCUT2D eigenvalue weighted by molar-refractivity contribution is 7.89. The summed E-state index contributed by atoms with van der Waals surface area (Å²) in [7, 11) is -2.25. The number of hydrogen-bond acceptors (Lipinski definition) is 4. The normalized spacial score (nSPS) is 11.2. The van der Waals surface area contributed by atoms with Crippen molar-refractivity contribution in [3.8, 4) is 5.75 Å². The molecular weight excluding hydrogens is 242 g/mol. The van der Waals surface area contributed by atoms with E-state index in [1.165, 1.54) is 32.2 Å². The van der Waals surface area contributed by atoms with Gasteiger partial charge in [0.1, 0.15) is 10.6 Å². The maximum atomic E-state index is 11.9. The van der Waals surface area contributed by atoms with Crippen molar-refractivity contribution in [2.24, 2.45) is 0 Å². The number of Topliss-reactive ketones (excluding diaryl/α,β-unsaturated/α-hetero) is 1. The maximum absolute atomic E-state index is 11.9. The Balaban J connectivity index is 3.38. The van der Waals surface area contributed by atoms with Gasteiger partial charge in [-0.25, -0.2) is 13.1 Å². The first kappa shape index (κ1) is 13.7. The lowest BCUT2D eigenvalue weighted by Gasteiger charge is -2.10. The van der Waals surface area contributed by atoms with Gasteiger partial charge in [-0.2, -0.15) is 0 Å². The fourth-order valence-corrected chi connectivity index (χ4v) is 2.61. The Bertz CT molecular complexity index is 522. The first-order valence-electron chi connectivity index (χ1n) is 5.11. The van der Waals surface area contributed by atoms with Gasteiger partial charge in [-0.1, -0.05) is 6.92 Å². The third-order valence-electron chi connectivity index (χ3n) is 2.19. The maximum Gasteiger partial charge on any atom is 0.244 e. The Morgan fingerprint density at radius 1 is 1.41 bits per heavy atom. The summed E-state index contributed by atoms with van der Waals surface area (Å²) in [6.07, 6.45) is 0. The molecule has 0 spiro atoms. The van der Waals surface area contributed by atoms with E-state index in [1.807, 2.05) is 0 Å². The number of carbonyl (C=O) groups is 1. The van der Waals surface area contributed by atoms with Crippen LogP contribution in [-0.2, 0) is 10.0 Å². The minimum absolute atomic E-state index is 0.0189. The van der Waals surface area contributed by atoms with E-state index in [-0.39, 0.29) is 23.0 Å². The van der Waals surface area contributed by atoms with Crippen LogP contribution in [0.1, 0.15) is 24.2 Å². The van der Waals surface area contributed by atoms with Crippen LogP contribution in [0.2, 0.25) is 0 Å². The second kappa shape index (κ2) is 5.29. The Morgan fingerprint density at radius 2 is 2.06 bits per heavy atom. The van der Waals surface area contributed by atoms with E-state index in [1.54, 1.807) is 6.92 Å². The molecule has 1 aromatic carbocycles. The average Bonchev–Trinajstić information content (AvgIpc) is 2.28. The smallest absolute Gasteiger partial charge is 0.244 e. The van der Waals surface area contributed by atoms with Crippen molar-refractivity contribution in [1.29, 1.82) is 0 Å². The van der Waals surface area contributed by atoms with Gasteiger partial charge >= 0.3 is 0 Å². The summed E-state index contributed by atoms with van der Waals surface area (Å²) in [6, 6.07) is 4.33. The molecule has 0 saturated heterocycles. The van der Waals surface area contributed by atoms with Gasteiger partial charge in [0.25, 0.3) is 0 Å². The second-order valence-electron chi connectivity index (χ2n) is 3.42. The van der Waals surface area contributed by atoms with Gasteiger partial charge in [0.2, 0.25) is 10.0 Å². The molecule has 0 aliphatic carbocycles. The molecule has 1 rings (SSSR count). The second-order valence-corrected chi connectivity index (χ2v) is 5.16. The molecule has 1 aromatic rings. The van der Waals surface area contributed by atoms with Crippen LogP contribution in [-0.4, -0.2) is 27.9 Å². The Hall–Kier alpha value is -1.40. The molecule has 0 heterocycles. The van der Waals surface area contributed by atoms with E-state index in [9.17, 15) is 13.2 Å². The number of carbonyl (C=O) groups excluding carboxylic acids is 1. The lowest BCUT2D eigenvalue weighted by Crippen LogP contribution is -2.24. The first-order valence-corrected chi connectivity index (χ1v) is 6.59. The molecule has 5 nitrogen and oxygen atoms in total. The summed E-state index contributed by atoms with van der Waals surface area (Å²) < 4.78 is 31.1.